The molecule has 3 rings (SSSR count). The van der Waals surface area contributed by atoms with Crippen molar-refractivity contribution in [2.24, 2.45) is 0 Å². The number of aliphatic hydroxyl groups is 1. The average Bonchev–Trinajstić information content (AvgIpc) is 2.45. The van der Waals surface area contributed by atoms with Crippen molar-refractivity contribution < 1.29 is 24.6 Å². The molecule has 0 amide bonds. The zero-order chi connectivity index (χ0) is 12.4. The van der Waals surface area contributed by atoms with Crippen molar-refractivity contribution in [1.82, 2.24) is 0 Å². The molecular weight excluding hydrogens is 323 g/mol. The van der Waals surface area contributed by atoms with Crippen LogP contribution < -0.4 is 0 Å². The van der Waals surface area contributed by atoms with E-state index in [4.69, 9.17) is 0 Å². The van der Waals surface area contributed by atoms with E-state index in [0.29, 0.717) is 0 Å². The molecule has 1 fully saturated rings. The van der Waals surface area contributed by atoms with Gasteiger partial charge in [-0.15, -0.1) is 0 Å². The first kappa shape index (κ1) is 14.2. The fraction of sp³-hybridized carbons (Fsp3) is 0.176. The summed E-state index contributed by atoms with van der Waals surface area (Å²) in [6, 6.07) is 20.1. The summed E-state index contributed by atoms with van der Waals surface area (Å²) in [6.45, 7) is 0. The second-order valence-corrected chi connectivity index (χ2v) is 4.81. The molecule has 1 unspecified atom stereocenters. The van der Waals surface area contributed by atoms with Gasteiger partial charge in [0.1, 0.15) is 5.60 Å². The normalized spacial score (nSPS) is 23.5. The van der Waals surface area contributed by atoms with E-state index in [1.807, 2.05) is 48.5 Å². The molecule has 0 bridgehead atoms. The number of benzene rings is 2. The summed E-state index contributed by atoms with van der Waals surface area (Å²) < 4.78 is 0. The molecule has 2 heteroatoms. The largest absolute Gasteiger partial charge is 0.381 e. The van der Waals surface area contributed by atoms with E-state index in [1.54, 1.807) is 0 Å². The van der Waals surface area contributed by atoms with Crippen molar-refractivity contribution in [2.75, 3.05) is 0 Å². The molecule has 1 atom stereocenters. The van der Waals surface area contributed by atoms with E-state index in [9.17, 15) is 5.11 Å². The van der Waals surface area contributed by atoms with Gasteiger partial charge in [0.05, 0.1) is 0 Å². The van der Waals surface area contributed by atoms with Crippen LogP contribution in [0.2, 0.25) is 0 Å². The molecule has 0 heterocycles. The van der Waals surface area contributed by atoms with Gasteiger partial charge in [0, 0.05) is 19.5 Å². The van der Waals surface area contributed by atoms with Crippen molar-refractivity contribution in [3.05, 3.63) is 77.4 Å². The molecule has 0 aromatic heterocycles. The van der Waals surface area contributed by atoms with Crippen LogP contribution in [-0.2, 0) is 25.1 Å². The Morgan fingerprint density at radius 3 is 2.00 bits per heavy atom. The van der Waals surface area contributed by atoms with Gasteiger partial charge in [-0.2, -0.15) is 0 Å². The van der Waals surface area contributed by atoms with Crippen LogP contribution >= 0.6 is 0 Å². The second kappa shape index (κ2) is 5.82. The van der Waals surface area contributed by atoms with Gasteiger partial charge in [-0.3, -0.25) is 0 Å². The van der Waals surface area contributed by atoms with Crippen LogP contribution in [0.5, 0.6) is 0 Å². The quantitative estimate of drug-likeness (QED) is 0.827. The average molecular weight is 339 g/mol. The second-order valence-electron chi connectivity index (χ2n) is 4.81. The zero-order valence-corrected chi connectivity index (χ0v) is 12.2. The summed E-state index contributed by atoms with van der Waals surface area (Å²) in [6.07, 6.45) is 3.90. The Hall–Kier alpha value is -1.24. The van der Waals surface area contributed by atoms with Crippen LogP contribution in [0.3, 0.4) is 0 Å². The molecule has 99 valence electrons. The van der Waals surface area contributed by atoms with Crippen LogP contribution in [0, 0.1) is 0 Å². The first-order chi connectivity index (χ1) is 8.79. The molecule has 1 saturated carbocycles. The molecule has 1 aliphatic rings. The van der Waals surface area contributed by atoms with Crippen molar-refractivity contribution in [1.29, 1.82) is 0 Å². The van der Waals surface area contributed by atoms with Crippen molar-refractivity contribution in [3.8, 4) is 0 Å². The van der Waals surface area contributed by atoms with Gasteiger partial charge >= 0.3 is 0 Å². The maximum Gasteiger partial charge on any atom is 0.111 e. The standard InChI is InChI=1S/C17H16O.Rh/c18-17(15-9-5-2-6-10-15)12-11-16(17)13-14-7-3-1-4-8-14;/h1-10,13,18H,11-12H2;/b16-13+;. The molecule has 1 aliphatic carbocycles. The van der Waals surface area contributed by atoms with Gasteiger partial charge < -0.3 is 5.11 Å². The van der Waals surface area contributed by atoms with E-state index in [0.717, 1.165) is 29.5 Å². The monoisotopic (exact) mass is 339 g/mol. The predicted molar refractivity (Wildman–Crippen MR) is 74.0 cm³/mol. The summed E-state index contributed by atoms with van der Waals surface area (Å²) in [7, 11) is 0. The van der Waals surface area contributed by atoms with Crippen LogP contribution in [-0.4, -0.2) is 5.11 Å². The third-order valence-electron chi connectivity index (χ3n) is 3.68. The first-order valence-electron chi connectivity index (χ1n) is 6.33. The molecule has 2 aromatic rings. The van der Waals surface area contributed by atoms with Gasteiger partial charge in [0.2, 0.25) is 0 Å². The number of hydrogen-bond donors (Lipinski definition) is 1. The van der Waals surface area contributed by atoms with E-state index in [2.05, 4.69) is 18.2 Å². The van der Waals surface area contributed by atoms with Crippen molar-refractivity contribution in [2.45, 2.75) is 18.4 Å². The topological polar surface area (TPSA) is 20.2 Å². The molecule has 1 nitrogen and oxygen atoms in total. The smallest absolute Gasteiger partial charge is 0.111 e. The maximum atomic E-state index is 10.7. The Morgan fingerprint density at radius 2 is 1.47 bits per heavy atom. The summed E-state index contributed by atoms with van der Waals surface area (Å²) in [5.74, 6) is 0. The Bertz CT molecular complexity index is 562. The van der Waals surface area contributed by atoms with Crippen molar-refractivity contribution >= 4 is 6.08 Å². The Morgan fingerprint density at radius 1 is 0.895 bits per heavy atom. The Balaban J connectivity index is 0.00000133. The Labute approximate surface area is 126 Å². The van der Waals surface area contributed by atoms with Gasteiger partial charge in [0.15, 0.2) is 0 Å². The molecule has 1 N–H and O–H groups in total. The van der Waals surface area contributed by atoms with Gasteiger partial charge in [-0.1, -0.05) is 66.7 Å². The van der Waals surface area contributed by atoms with Crippen LogP contribution in [0.1, 0.15) is 24.0 Å². The van der Waals surface area contributed by atoms with Crippen molar-refractivity contribution in [3.63, 3.8) is 0 Å². The van der Waals surface area contributed by atoms with E-state index in [1.165, 1.54) is 0 Å². The first-order valence-corrected chi connectivity index (χ1v) is 6.33. The van der Waals surface area contributed by atoms with E-state index >= 15 is 0 Å². The summed E-state index contributed by atoms with van der Waals surface area (Å²) in [5, 5.41) is 10.7. The fourth-order valence-corrected chi connectivity index (χ4v) is 2.49. The van der Waals surface area contributed by atoms with Gasteiger partial charge in [-0.25, -0.2) is 0 Å². The minimum absolute atomic E-state index is 0. The summed E-state index contributed by atoms with van der Waals surface area (Å²) in [4.78, 5) is 0. The summed E-state index contributed by atoms with van der Waals surface area (Å²) in [5.41, 5.74) is 2.51. The maximum absolute atomic E-state index is 10.7. The molecule has 19 heavy (non-hydrogen) atoms. The third kappa shape index (κ3) is 2.70. The minimum Gasteiger partial charge on any atom is -0.381 e. The van der Waals surface area contributed by atoms with Crippen LogP contribution in [0.15, 0.2) is 66.2 Å². The van der Waals surface area contributed by atoms with E-state index in [-0.39, 0.29) is 19.5 Å². The molecule has 1 radical (unpaired) electrons. The predicted octanol–water partition coefficient (Wildman–Crippen LogP) is 3.75. The third-order valence-corrected chi connectivity index (χ3v) is 3.68. The molecule has 0 spiro atoms. The molecule has 2 aromatic carbocycles. The van der Waals surface area contributed by atoms with Gasteiger partial charge in [-0.05, 0) is 29.5 Å². The van der Waals surface area contributed by atoms with Gasteiger partial charge in [0.25, 0.3) is 0 Å². The zero-order valence-electron chi connectivity index (χ0n) is 10.5. The molecule has 0 aliphatic heterocycles. The number of hydrogen-bond acceptors (Lipinski definition) is 1. The SMILES string of the molecule is OC1(c2ccccc2)CC/C1=C\c1ccccc1.[Rh]. The van der Waals surface area contributed by atoms with Crippen LogP contribution in [0.25, 0.3) is 6.08 Å². The van der Waals surface area contributed by atoms with Crippen LogP contribution in [0.4, 0.5) is 0 Å². The van der Waals surface area contributed by atoms with E-state index < -0.39 is 5.60 Å². The Kier molecular flexibility index (Phi) is 4.34. The summed E-state index contributed by atoms with van der Waals surface area (Å²) >= 11 is 0. The molecular formula is C17H16ORh. The minimum atomic E-state index is -0.753. The number of rotatable bonds is 2. The molecule has 0 saturated heterocycles. The fourth-order valence-electron chi connectivity index (χ4n) is 2.49.